The first-order valence-corrected chi connectivity index (χ1v) is 6.02. The molecule has 0 radical (unpaired) electrons. The van der Waals surface area contributed by atoms with E-state index in [1.165, 1.54) is 12.0 Å². The van der Waals surface area contributed by atoms with Crippen LogP contribution in [-0.4, -0.2) is 18.8 Å². The predicted octanol–water partition coefficient (Wildman–Crippen LogP) is 2.76. The first kappa shape index (κ1) is 13.2. The molecule has 0 aliphatic carbocycles. The summed E-state index contributed by atoms with van der Waals surface area (Å²) < 4.78 is 5.69. The second-order valence-electron chi connectivity index (χ2n) is 4.75. The quantitative estimate of drug-likeness (QED) is 0.719. The zero-order valence-electron chi connectivity index (χ0n) is 10.4. The van der Waals surface area contributed by atoms with Crippen molar-refractivity contribution in [3.8, 4) is 0 Å². The molecule has 2 heteroatoms. The van der Waals surface area contributed by atoms with Gasteiger partial charge in [-0.15, -0.1) is 0 Å². The monoisotopic (exact) mass is 221 g/mol. The molecule has 2 nitrogen and oxygen atoms in total. The smallest absolute Gasteiger partial charge is 0.0748 e. The summed E-state index contributed by atoms with van der Waals surface area (Å²) in [6.07, 6.45) is 3.40. The van der Waals surface area contributed by atoms with E-state index >= 15 is 0 Å². The molecule has 0 bridgehead atoms. The Hall–Kier alpha value is -0.860. The molecule has 1 aromatic carbocycles. The summed E-state index contributed by atoms with van der Waals surface area (Å²) in [7, 11) is 0. The lowest BCUT2D eigenvalue weighted by Crippen LogP contribution is -2.34. The Balaban J connectivity index is 2.09. The molecule has 2 N–H and O–H groups in total. The SMILES string of the molecule is CC(C)(CN)OCCCCc1ccccc1. The Labute approximate surface area is 98.8 Å². The molecule has 0 heterocycles. The van der Waals surface area contributed by atoms with Crippen molar-refractivity contribution < 1.29 is 4.74 Å². The van der Waals surface area contributed by atoms with Crippen LogP contribution in [0.15, 0.2) is 30.3 Å². The Morgan fingerprint density at radius 2 is 1.81 bits per heavy atom. The fourth-order valence-corrected chi connectivity index (χ4v) is 1.48. The second kappa shape index (κ2) is 6.66. The van der Waals surface area contributed by atoms with E-state index in [4.69, 9.17) is 10.5 Å². The van der Waals surface area contributed by atoms with Crippen LogP contribution in [0.3, 0.4) is 0 Å². The van der Waals surface area contributed by atoms with Gasteiger partial charge in [-0.3, -0.25) is 0 Å². The third-order valence-corrected chi connectivity index (χ3v) is 2.69. The summed E-state index contributed by atoms with van der Waals surface area (Å²) in [5.41, 5.74) is 6.82. The molecule has 90 valence electrons. The highest BCUT2D eigenvalue weighted by Gasteiger charge is 2.14. The average Bonchev–Trinajstić information content (AvgIpc) is 2.30. The van der Waals surface area contributed by atoms with Gasteiger partial charge in [0, 0.05) is 13.2 Å². The molecule has 0 spiro atoms. The van der Waals surface area contributed by atoms with Crippen LogP contribution in [-0.2, 0) is 11.2 Å². The summed E-state index contributed by atoms with van der Waals surface area (Å²) in [5.74, 6) is 0. The van der Waals surface area contributed by atoms with Crippen LogP contribution in [0.4, 0.5) is 0 Å². The van der Waals surface area contributed by atoms with Gasteiger partial charge in [0.25, 0.3) is 0 Å². The summed E-state index contributed by atoms with van der Waals surface area (Å²) in [5, 5.41) is 0. The van der Waals surface area contributed by atoms with Crippen molar-refractivity contribution in [2.24, 2.45) is 5.73 Å². The van der Waals surface area contributed by atoms with Gasteiger partial charge >= 0.3 is 0 Å². The number of aryl methyl sites for hydroxylation is 1. The van der Waals surface area contributed by atoms with Crippen molar-refractivity contribution >= 4 is 0 Å². The molecule has 0 aromatic heterocycles. The minimum atomic E-state index is -0.174. The highest BCUT2D eigenvalue weighted by Crippen LogP contribution is 2.09. The lowest BCUT2D eigenvalue weighted by Gasteiger charge is -2.23. The van der Waals surface area contributed by atoms with Crippen LogP contribution in [0, 0.1) is 0 Å². The fourth-order valence-electron chi connectivity index (χ4n) is 1.48. The zero-order valence-corrected chi connectivity index (χ0v) is 10.4. The maximum absolute atomic E-state index is 5.69. The van der Waals surface area contributed by atoms with Crippen LogP contribution in [0.2, 0.25) is 0 Å². The minimum Gasteiger partial charge on any atom is -0.374 e. The van der Waals surface area contributed by atoms with Gasteiger partial charge in [0.15, 0.2) is 0 Å². The number of benzene rings is 1. The molecule has 0 aliphatic heterocycles. The van der Waals surface area contributed by atoms with Crippen LogP contribution in [0.1, 0.15) is 32.3 Å². The third kappa shape index (κ3) is 5.29. The van der Waals surface area contributed by atoms with E-state index in [-0.39, 0.29) is 5.60 Å². The van der Waals surface area contributed by atoms with Crippen molar-refractivity contribution in [1.82, 2.24) is 0 Å². The van der Waals surface area contributed by atoms with E-state index in [1.54, 1.807) is 0 Å². The van der Waals surface area contributed by atoms with E-state index in [0.717, 1.165) is 19.4 Å². The summed E-state index contributed by atoms with van der Waals surface area (Å²) >= 11 is 0. The molecule has 1 aromatic rings. The van der Waals surface area contributed by atoms with Crippen LogP contribution >= 0.6 is 0 Å². The highest BCUT2D eigenvalue weighted by atomic mass is 16.5. The van der Waals surface area contributed by atoms with Gasteiger partial charge in [-0.25, -0.2) is 0 Å². The average molecular weight is 221 g/mol. The highest BCUT2D eigenvalue weighted by molar-refractivity contribution is 5.14. The number of hydrogen-bond donors (Lipinski definition) is 1. The van der Waals surface area contributed by atoms with Crippen molar-refractivity contribution in [3.63, 3.8) is 0 Å². The summed E-state index contributed by atoms with van der Waals surface area (Å²) in [6.45, 7) is 5.44. The van der Waals surface area contributed by atoms with Gasteiger partial charge in [0.1, 0.15) is 0 Å². The first-order valence-electron chi connectivity index (χ1n) is 6.02. The van der Waals surface area contributed by atoms with Crippen molar-refractivity contribution in [2.45, 2.75) is 38.7 Å². The van der Waals surface area contributed by atoms with Gasteiger partial charge in [-0.05, 0) is 38.7 Å². The van der Waals surface area contributed by atoms with Crippen LogP contribution in [0.25, 0.3) is 0 Å². The number of hydrogen-bond acceptors (Lipinski definition) is 2. The third-order valence-electron chi connectivity index (χ3n) is 2.69. The van der Waals surface area contributed by atoms with Gasteiger partial charge in [0.05, 0.1) is 5.60 Å². The fraction of sp³-hybridized carbons (Fsp3) is 0.571. The van der Waals surface area contributed by atoms with Gasteiger partial charge in [-0.2, -0.15) is 0 Å². The normalized spacial score (nSPS) is 11.7. The summed E-state index contributed by atoms with van der Waals surface area (Å²) in [4.78, 5) is 0. The van der Waals surface area contributed by atoms with E-state index < -0.39 is 0 Å². The van der Waals surface area contributed by atoms with Gasteiger partial charge in [-0.1, -0.05) is 30.3 Å². The zero-order chi connectivity index (χ0) is 11.9. The summed E-state index contributed by atoms with van der Waals surface area (Å²) in [6, 6.07) is 10.6. The first-order chi connectivity index (χ1) is 7.64. The number of rotatable bonds is 7. The Morgan fingerprint density at radius 3 is 2.44 bits per heavy atom. The largest absolute Gasteiger partial charge is 0.374 e. The van der Waals surface area contributed by atoms with Gasteiger partial charge < -0.3 is 10.5 Å². The Morgan fingerprint density at radius 1 is 1.12 bits per heavy atom. The molecule has 0 amide bonds. The molecular formula is C14H23NO. The maximum atomic E-state index is 5.69. The standard InChI is InChI=1S/C14H23NO/c1-14(2,12-15)16-11-7-6-10-13-8-4-3-5-9-13/h3-5,8-9H,6-7,10-12,15H2,1-2H3. The maximum Gasteiger partial charge on any atom is 0.0748 e. The Bertz CT molecular complexity index is 282. The molecule has 0 unspecified atom stereocenters. The number of ether oxygens (including phenoxy) is 1. The molecule has 0 saturated carbocycles. The molecular weight excluding hydrogens is 198 g/mol. The lowest BCUT2D eigenvalue weighted by atomic mass is 10.1. The van der Waals surface area contributed by atoms with E-state index in [2.05, 4.69) is 30.3 Å². The molecule has 0 aliphatic rings. The van der Waals surface area contributed by atoms with Crippen molar-refractivity contribution in [3.05, 3.63) is 35.9 Å². The molecule has 0 saturated heterocycles. The molecule has 1 rings (SSSR count). The number of nitrogens with two attached hydrogens (primary N) is 1. The van der Waals surface area contributed by atoms with E-state index in [0.29, 0.717) is 6.54 Å². The Kier molecular flexibility index (Phi) is 5.50. The molecule has 16 heavy (non-hydrogen) atoms. The van der Waals surface area contributed by atoms with E-state index in [9.17, 15) is 0 Å². The van der Waals surface area contributed by atoms with Crippen molar-refractivity contribution in [1.29, 1.82) is 0 Å². The van der Waals surface area contributed by atoms with Crippen molar-refractivity contribution in [2.75, 3.05) is 13.2 Å². The van der Waals surface area contributed by atoms with Gasteiger partial charge in [0.2, 0.25) is 0 Å². The van der Waals surface area contributed by atoms with Crippen LogP contribution in [0.5, 0.6) is 0 Å². The lowest BCUT2D eigenvalue weighted by molar-refractivity contribution is -0.0119. The topological polar surface area (TPSA) is 35.2 Å². The second-order valence-corrected chi connectivity index (χ2v) is 4.75. The van der Waals surface area contributed by atoms with E-state index in [1.807, 2.05) is 13.8 Å². The molecule has 0 atom stereocenters. The predicted molar refractivity (Wildman–Crippen MR) is 68.5 cm³/mol. The number of unbranched alkanes of at least 4 members (excludes halogenated alkanes) is 1. The van der Waals surface area contributed by atoms with Crippen LogP contribution < -0.4 is 5.73 Å². The molecule has 0 fully saturated rings. The minimum absolute atomic E-state index is 0.174.